The number of Topliss-reactive ketones (excluding diaryl/α,β-unsaturated/α-hetero) is 1. The van der Waals surface area contributed by atoms with E-state index >= 15 is 0 Å². The van der Waals surface area contributed by atoms with Crippen LogP contribution in [0, 0.1) is 5.92 Å². The first-order valence-corrected chi connectivity index (χ1v) is 11.3. The number of aliphatic hydroxyl groups is 1. The first-order chi connectivity index (χ1) is 17.3. The maximum Gasteiger partial charge on any atom is 0.424 e. The number of pyridine rings is 1. The Kier molecular flexibility index (Phi) is 7.14. The molecule has 4 rings (SSSR count). The van der Waals surface area contributed by atoms with Crippen molar-refractivity contribution in [1.82, 2.24) is 4.98 Å². The van der Waals surface area contributed by atoms with Crippen molar-refractivity contribution in [3.05, 3.63) is 52.3 Å². The SMILES string of the molecule is COc1cc2c(cc1N1CCOCC1)CC(Cc1ncc(C(O)(CF)C(F)(F)F)cc1C(F)(F)F)C2=O. The van der Waals surface area contributed by atoms with Crippen LogP contribution in [0.15, 0.2) is 24.4 Å². The number of rotatable bonds is 6. The highest BCUT2D eigenvalue weighted by molar-refractivity contribution is 6.03. The molecule has 1 aliphatic heterocycles. The van der Waals surface area contributed by atoms with Gasteiger partial charge in [-0.1, -0.05) is 0 Å². The number of alkyl halides is 7. The number of ketones is 1. The van der Waals surface area contributed by atoms with E-state index in [1.165, 1.54) is 13.2 Å². The van der Waals surface area contributed by atoms with Crippen molar-refractivity contribution >= 4 is 11.5 Å². The van der Waals surface area contributed by atoms with E-state index in [1.54, 1.807) is 6.07 Å². The molecule has 0 bridgehead atoms. The number of morpholine rings is 1. The summed E-state index contributed by atoms with van der Waals surface area (Å²) in [5.41, 5.74) is -6.17. The monoisotopic (exact) mass is 536 g/mol. The summed E-state index contributed by atoms with van der Waals surface area (Å²) in [6.45, 7) is -0.231. The summed E-state index contributed by atoms with van der Waals surface area (Å²) in [6, 6.07) is 3.33. The number of aromatic nitrogens is 1. The summed E-state index contributed by atoms with van der Waals surface area (Å²) < 4.78 is 105. The number of hydrogen-bond acceptors (Lipinski definition) is 6. The average Bonchev–Trinajstić information content (AvgIpc) is 3.16. The van der Waals surface area contributed by atoms with Gasteiger partial charge in [0.1, 0.15) is 12.4 Å². The van der Waals surface area contributed by atoms with Gasteiger partial charge in [0.15, 0.2) is 5.78 Å². The van der Waals surface area contributed by atoms with E-state index in [1.807, 2.05) is 4.90 Å². The molecule has 6 nitrogen and oxygen atoms in total. The molecule has 2 atom stereocenters. The second-order valence-corrected chi connectivity index (χ2v) is 8.96. The molecule has 0 amide bonds. The van der Waals surface area contributed by atoms with Crippen LogP contribution in [0.3, 0.4) is 0 Å². The highest BCUT2D eigenvalue weighted by Gasteiger charge is 2.56. The van der Waals surface area contributed by atoms with Crippen molar-refractivity contribution in [2.45, 2.75) is 30.8 Å². The van der Waals surface area contributed by atoms with Crippen LogP contribution < -0.4 is 9.64 Å². The number of halogens is 7. The highest BCUT2D eigenvalue weighted by atomic mass is 19.4. The molecule has 2 aromatic rings. The molecule has 1 N–H and O–H groups in total. The predicted octanol–water partition coefficient (Wildman–Crippen LogP) is 4.26. The minimum atomic E-state index is -5.58. The standard InChI is InChI=1S/C24H23F7N2O4/c1-36-20-10-16-13(8-19(20)33-2-4-37-5-3-33)6-14(21(16)34)7-18-17(23(26,27)28)9-15(11-32-18)22(35,12-25)24(29,30)31/h8-11,14,35H,2-7,12H2,1H3. The van der Waals surface area contributed by atoms with E-state index in [0.29, 0.717) is 49.5 Å². The highest BCUT2D eigenvalue weighted by Crippen LogP contribution is 2.43. The molecular formula is C24H23F7N2O4. The number of carbonyl (C=O) groups is 1. The van der Waals surface area contributed by atoms with E-state index in [4.69, 9.17) is 9.47 Å². The Balaban J connectivity index is 1.66. The van der Waals surface area contributed by atoms with Crippen molar-refractivity contribution in [2.75, 3.05) is 45.0 Å². The van der Waals surface area contributed by atoms with Crippen LogP contribution in [0.1, 0.15) is 32.7 Å². The molecule has 2 aliphatic rings. The van der Waals surface area contributed by atoms with Gasteiger partial charge in [-0.3, -0.25) is 9.78 Å². The third-order valence-electron chi connectivity index (χ3n) is 6.71. The third kappa shape index (κ3) is 4.98. The van der Waals surface area contributed by atoms with Crippen molar-refractivity contribution in [3.63, 3.8) is 0 Å². The van der Waals surface area contributed by atoms with Crippen LogP contribution in [-0.2, 0) is 29.4 Å². The summed E-state index contributed by atoms with van der Waals surface area (Å²) in [5.74, 6) is -0.982. The molecule has 1 fully saturated rings. The smallest absolute Gasteiger partial charge is 0.424 e. The summed E-state index contributed by atoms with van der Waals surface area (Å²) >= 11 is 0. The zero-order valence-electron chi connectivity index (χ0n) is 19.5. The van der Waals surface area contributed by atoms with Crippen LogP contribution in [0.4, 0.5) is 36.4 Å². The average molecular weight is 536 g/mol. The van der Waals surface area contributed by atoms with Gasteiger partial charge in [-0.25, -0.2) is 4.39 Å². The molecule has 0 saturated carbocycles. The van der Waals surface area contributed by atoms with Gasteiger partial charge in [0.2, 0.25) is 5.60 Å². The summed E-state index contributed by atoms with van der Waals surface area (Å²) in [6.07, 6.45) is -10.8. The first kappa shape index (κ1) is 27.1. The number of methoxy groups -OCH3 is 1. The lowest BCUT2D eigenvalue weighted by Crippen LogP contribution is -2.44. The van der Waals surface area contributed by atoms with Gasteiger partial charge in [-0.05, 0) is 30.2 Å². The zero-order valence-corrected chi connectivity index (χ0v) is 19.5. The molecule has 13 heteroatoms. The van der Waals surface area contributed by atoms with Gasteiger partial charge in [0, 0.05) is 42.8 Å². The second-order valence-electron chi connectivity index (χ2n) is 8.96. The second kappa shape index (κ2) is 9.75. The molecule has 1 aliphatic carbocycles. The number of benzene rings is 1. The number of carbonyl (C=O) groups excluding carboxylic acids is 1. The Morgan fingerprint density at radius 2 is 1.81 bits per heavy atom. The molecule has 202 valence electrons. The fourth-order valence-corrected chi connectivity index (χ4v) is 4.65. The fourth-order valence-electron chi connectivity index (χ4n) is 4.65. The quantitative estimate of drug-likeness (QED) is 0.557. The predicted molar refractivity (Wildman–Crippen MR) is 116 cm³/mol. The molecule has 2 unspecified atom stereocenters. The normalized spacial score (nSPS) is 20.1. The van der Waals surface area contributed by atoms with E-state index in [2.05, 4.69) is 4.98 Å². The van der Waals surface area contributed by atoms with E-state index in [9.17, 15) is 40.6 Å². The molecule has 1 aromatic carbocycles. The van der Waals surface area contributed by atoms with Gasteiger partial charge in [0.25, 0.3) is 0 Å². The number of anilines is 1. The third-order valence-corrected chi connectivity index (χ3v) is 6.71. The lowest BCUT2D eigenvalue weighted by atomic mass is 9.91. The van der Waals surface area contributed by atoms with Crippen LogP contribution in [0.25, 0.3) is 0 Å². The minimum absolute atomic E-state index is 0.0432. The summed E-state index contributed by atoms with van der Waals surface area (Å²) in [7, 11) is 1.43. The molecular weight excluding hydrogens is 513 g/mol. The Morgan fingerprint density at radius 3 is 2.38 bits per heavy atom. The topological polar surface area (TPSA) is 71.9 Å². The summed E-state index contributed by atoms with van der Waals surface area (Å²) in [4.78, 5) is 18.6. The minimum Gasteiger partial charge on any atom is -0.495 e. The van der Waals surface area contributed by atoms with Gasteiger partial charge in [-0.15, -0.1) is 0 Å². The van der Waals surface area contributed by atoms with Crippen LogP contribution in [0.2, 0.25) is 0 Å². The van der Waals surface area contributed by atoms with Crippen LogP contribution in [-0.4, -0.2) is 62.1 Å². The molecule has 0 spiro atoms. The van der Waals surface area contributed by atoms with Crippen molar-refractivity contribution in [1.29, 1.82) is 0 Å². The Morgan fingerprint density at radius 1 is 1.14 bits per heavy atom. The van der Waals surface area contributed by atoms with Crippen molar-refractivity contribution in [3.8, 4) is 5.75 Å². The van der Waals surface area contributed by atoms with Gasteiger partial charge in [-0.2, -0.15) is 26.3 Å². The van der Waals surface area contributed by atoms with Gasteiger partial charge in [0.05, 0.1) is 37.3 Å². The largest absolute Gasteiger partial charge is 0.495 e. The zero-order chi connectivity index (χ0) is 27.2. The maximum atomic E-state index is 13.8. The van der Waals surface area contributed by atoms with Crippen molar-refractivity contribution in [2.24, 2.45) is 5.92 Å². The summed E-state index contributed by atoms with van der Waals surface area (Å²) in [5, 5.41) is 9.75. The molecule has 2 heterocycles. The van der Waals surface area contributed by atoms with E-state index in [0.717, 1.165) is 0 Å². The first-order valence-electron chi connectivity index (χ1n) is 11.3. The number of hydrogen-bond donors (Lipinski definition) is 1. The van der Waals surface area contributed by atoms with Crippen molar-refractivity contribution < 1.29 is 50.1 Å². The molecule has 37 heavy (non-hydrogen) atoms. The number of ether oxygens (including phenoxy) is 2. The lowest BCUT2D eigenvalue weighted by Gasteiger charge is -2.30. The Labute approximate surface area is 207 Å². The van der Waals surface area contributed by atoms with E-state index in [-0.39, 0.29) is 18.1 Å². The lowest BCUT2D eigenvalue weighted by molar-refractivity contribution is -0.271. The maximum absolute atomic E-state index is 13.8. The fraction of sp³-hybridized carbons (Fsp3) is 0.500. The Hall–Kier alpha value is -2.93. The van der Waals surface area contributed by atoms with E-state index < -0.39 is 59.6 Å². The van der Waals surface area contributed by atoms with Gasteiger partial charge < -0.3 is 19.5 Å². The van der Waals surface area contributed by atoms with Crippen LogP contribution in [0.5, 0.6) is 5.75 Å². The molecule has 1 aromatic heterocycles. The molecule has 0 radical (unpaired) electrons. The van der Waals surface area contributed by atoms with Gasteiger partial charge >= 0.3 is 12.4 Å². The molecule has 1 saturated heterocycles. The van der Waals surface area contributed by atoms with Crippen LogP contribution >= 0.6 is 0 Å². The number of fused-ring (bicyclic) bond motifs is 1. The number of nitrogens with zero attached hydrogens (tertiary/aromatic N) is 2. The Bertz CT molecular complexity index is 1180.